The van der Waals surface area contributed by atoms with Gasteiger partial charge in [0.2, 0.25) is 5.91 Å². The van der Waals surface area contributed by atoms with Crippen LogP contribution in [0.25, 0.3) is 10.9 Å². The van der Waals surface area contributed by atoms with Gasteiger partial charge in [0.05, 0.1) is 17.6 Å². The van der Waals surface area contributed by atoms with Gasteiger partial charge in [-0.25, -0.2) is 0 Å². The molecule has 5 heteroatoms. The Hall–Kier alpha value is -1.88. The number of aryl methyl sites for hydroxylation is 1. The summed E-state index contributed by atoms with van der Waals surface area (Å²) in [6.45, 7) is 6.50. The predicted molar refractivity (Wildman–Crippen MR) is 76.9 cm³/mol. The molecule has 5 nitrogen and oxygen atoms in total. The molecule has 3 N–H and O–H groups in total. The van der Waals surface area contributed by atoms with E-state index in [1.165, 1.54) is 0 Å². The second-order valence-corrected chi connectivity index (χ2v) is 4.87. The van der Waals surface area contributed by atoms with Crippen molar-refractivity contribution in [3.63, 3.8) is 0 Å². The molecule has 0 saturated heterocycles. The van der Waals surface area contributed by atoms with Crippen molar-refractivity contribution in [1.29, 1.82) is 0 Å². The first-order valence-corrected chi connectivity index (χ1v) is 6.55. The number of carbonyl (C=O) groups is 1. The Morgan fingerprint density at radius 3 is 2.84 bits per heavy atom. The molecule has 0 aliphatic carbocycles. The lowest BCUT2D eigenvalue weighted by Crippen LogP contribution is -2.34. The zero-order chi connectivity index (χ0) is 14.0. The maximum Gasteiger partial charge on any atom is 0.228 e. The van der Waals surface area contributed by atoms with Gasteiger partial charge in [0.15, 0.2) is 0 Å². The van der Waals surface area contributed by atoms with E-state index in [4.69, 9.17) is 5.73 Å². The Morgan fingerprint density at radius 2 is 2.21 bits per heavy atom. The van der Waals surface area contributed by atoms with E-state index in [-0.39, 0.29) is 17.9 Å². The summed E-state index contributed by atoms with van der Waals surface area (Å²) in [4.78, 5) is 12.0. The monoisotopic (exact) mass is 260 g/mol. The number of nitrogens with one attached hydrogen (secondary N) is 1. The van der Waals surface area contributed by atoms with Crippen molar-refractivity contribution in [3.8, 4) is 0 Å². The number of hydrogen-bond acceptors (Lipinski definition) is 3. The number of hydrogen-bond donors (Lipinski definition) is 2. The zero-order valence-corrected chi connectivity index (χ0v) is 11.6. The van der Waals surface area contributed by atoms with Crippen LogP contribution in [0.3, 0.4) is 0 Å². The first kappa shape index (κ1) is 13.5. The molecule has 0 fully saturated rings. The Bertz CT molecular complexity index is 588. The highest BCUT2D eigenvalue weighted by atomic mass is 16.1. The maximum absolute atomic E-state index is 12.0. The Morgan fingerprint density at radius 1 is 1.47 bits per heavy atom. The highest BCUT2D eigenvalue weighted by Gasteiger charge is 2.17. The number of nitrogens with zero attached hydrogens (tertiary/aromatic N) is 2. The summed E-state index contributed by atoms with van der Waals surface area (Å²) in [6.07, 6.45) is 1.83. The summed E-state index contributed by atoms with van der Waals surface area (Å²) in [5.41, 5.74) is 7.54. The van der Waals surface area contributed by atoms with E-state index in [2.05, 4.69) is 10.4 Å². The lowest BCUT2D eigenvalue weighted by Gasteiger charge is -2.15. The molecule has 2 rings (SSSR count). The number of fused-ring (bicyclic) bond motifs is 1. The van der Waals surface area contributed by atoms with Crippen molar-refractivity contribution in [2.24, 2.45) is 11.7 Å². The number of aromatic nitrogens is 2. The van der Waals surface area contributed by atoms with Crippen LogP contribution in [0.15, 0.2) is 24.4 Å². The van der Waals surface area contributed by atoms with Crippen molar-refractivity contribution >= 4 is 22.5 Å². The minimum absolute atomic E-state index is 0.0584. The molecule has 0 bridgehead atoms. The summed E-state index contributed by atoms with van der Waals surface area (Å²) >= 11 is 0. The molecule has 0 aliphatic heterocycles. The summed E-state index contributed by atoms with van der Waals surface area (Å²) in [5.74, 6) is -0.274. The van der Waals surface area contributed by atoms with Crippen LogP contribution in [0.2, 0.25) is 0 Å². The normalized spacial score (nSPS) is 14.3. The molecule has 0 aliphatic rings. The van der Waals surface area contributed by atoms with Crippen molar-refractivity contribution in [3.05, 3.63) is 24.4 Å². The van der Waals surface area contributed by atoms with E-state index in [0.717, 1.165) is 23.1 Å². The van der Waals surface area contributed by atoms with Gasteiger partial charge in [-0.05, 0) is 32.0 Å². The fourth-order valence-corrected chi connectivity index (χ4v) is 1.90. The van der Waals surface area contributed by atoms with E-state index in [1.807, 2.05) is 49.8 Å². The smallest absolute Gasteiger partial charge is 0.228 e. The standard InChI is InChI=1S/C14H20N4O/c1-4-18-13-7-12(6-5-11(13)8-16-18)17-14(19)9(2)10(3)15/h5-10H,4,15H2,1-3H3,(H,17,19). The summed E-state index contributed by atoms with van der Waals surface area (Å²) in [5, 5.41) is 8.25. The second kappa shape index (κ2) is 5.40. The lowest BCUT2D eigenvalue weighted by molar-refractivity contribution is -0.119. The maximum atomic E-state index is 12.0. The quantitative estimate of drug-likeness (QED) is 0.882. The van der Waals surface area contributed by atoms with Gasteiger partial charge < -0.3 is 11.1 Å². The molecule has 2 aromatic rings. The summed E-state index contributed by atoms with van der Waals surface area (Å²) < 4.78 is 1.90. The molecule has 1 heterocycles. The fourth-order valence-electron chi connectivity index (χ4n) is 1.90. The highest BCUT2D eigenvalue weighted by Crippen LogP contribution is 2.19. The number of anilines is 1. The molecule has 102 valence electrons. The Balaban J connectivity index is 2.23. The molecule has 0 spiro atoms. The third kappa shape index (κ3) is 2.76. The zero-order valence-electron chi connectivity index (χ0n) is 11.6. The number of nitrogens with two attached hydrogens (primary N) is 1. The van der Waals surface area contributed by atoms with E-state index >= 15 is 0 Å². The number of amides is 1. The molecule has 1 aromatic carbocycles. The van der Waals surface area contributed by atoms with Gasteiger partial charge in [-0.15, -0.1) is 0 Å². The van der Waals surface area contributed by atoms with Crippen LogP contribution in [0.4, 0.5) is 5.69 Å². The van der Waals surface area contributed by atoms with Gasteiger partial charge in [-0.1, -0.05) is 6.92 Å². The number of rotatable bonds is 4. The van der Waals surface area contributed by atoms with Gasteiger partial charge >= 0.3 is 0 Å². The van der Waals surface area contributed by atoms with Gasteiger partial charge in [0, 0.05) is 23.7 Å². The average molecular weight is 260 g/mol. The Labute approximate surface area is 112 Å². The molecule has 0 radical (unpaired) electrons. The van der Waals surface area contributed by atoms with Crippen LogP contribution < -0.4 is 11.1 Å². The van der Waals surface area contributed by atoms with E-state index in [9.17, 15) is 4.79 Å². The van der Waals surface area contributed by atoms with Crippen LogP contribution in [-0.2, 0) is 11.3 Å². The predicted octanol–water partition coefficient (Wildman–Crippen LogP) is 1.98. The number of benzene rings is 1. The minimum Gasteiger partial charge on any atom is -0.327 e. The molecule has 2 atom stereocenters. The minimum atomic E-state index is -0.216. The van der Waals surface area contributed by atoms with Crippen LogP contribution in [0.5, 0.6) is 0 Å². The average Bonchev–Trinajstić information content (AvgIpc) is 2.79. The van der Waals surface area contributed by atoms with Gasteiger partial charge in [-0.3, -0.25) is 9.48 Å². The fraction of sp³-hybridized carbons (Fsp3) is 0.429. The van der Waals surface area contributed by atoms with Gasteiger partial charge in [0.25, 0.3) is 0 Å². The van der Waals surface area contributed by atoms with E-state index < -0.39 is 0 Å². The first-order chi connectivity index (χ1) is 9.02. The van der Waals surface area contributed by atoms with Crippen molar-refractivity contribution < 1.29 is 4.79 Å². The lowest BCUT2D eigenvalue weighted by atomic mass is 10.0. The third-order valence-corrected chi connectivity index (χ3v) is 3.41. The van der Waals surface area contributed by atoms with Crippen LogP contribution in [0, 0.1) is 5.92 Å². The van der Waals surface area contributed by atoms with Crippen LogP contribution >= 0.6 is 0 Å². The summed E-state index contributed by atoms with van der Waals surface area (Å²) in [7, 11) is 0. The topological polar surface area (TPSA) is 72.9 Å². The van der Waals surface area contributed by atoms with Crippen LogP contribution in [-0.4, -0.2) is 21.7 Å². The van der Waals surface area contributed by atoms with E-state index in [1.54, 1.807) is 0 Å². The van der Waals surface area contributed by atoms with Crippen molar-refractivity contribution in [2.45, 2.75) is 33.4 Å². The molecule has 19 heavy (non-hydrogen) atoms. The van der Waals surface area contributed by atoms with Gasteiger partial charge in [0.1, 0.15) is 0 Å². The van der Waals surface area contributed by atoms with Crippen molar-refractivity contribution in [2.75, 3.05) is 5.32 Å². The summed E-state index contributed by atoms with van der Waals surface area (Å²) in [6, 6.07) is 5.62. The molecule has 2 unspecified atom stereocenters. The second-order valence-electron chi connectivity index (χ2n) is 4.87. The largest absolute Gasteiger partial charge is 0.327 e. The van der Waals surface area contributed by atoms with E-state index in [0.29, 0.717) is 0 Å². The molecule has 0 saturated carbocycles. The molecule has 1 aromatic heterocycles. The Kier molecular flexibility index (Phi) is 3.85. The van der Waals surface area contributed by atoms with Crippen LogP contribution in [0.1, 0.15) is 20.8 Å². The SMILES string of the molecule is CCn1ncc2ccc(NC(=O)C(C)C(C)N)cc21. The molecule has 1 amide bonds. The van der Waals surface area contributed by atoms with Crippen molar-refractivity contribution in [1.82, 2.24) is 9.78 Å². The third-order valence-electron chi connectivity index (χ3n) is 3.41. The van der Waals surface area contributed by atoms with Gasteiger partial charge in [-0.2, -0.15) is 5.10 Å². The molecular formula is C14H20N4O. The molecular weight excluding hydrogens is 240 g/mol. The highest BCUT2D eigenvalue weighted by molar-refractivity contribution is 5.95. The first-order valence-electron chi connectivity index (χ1n) is 6.55. The number of carbonyl (C=O) groups excluding carboxylic acids is 1.